The second-order valence-corrected chi connectivity index (χ2v) is 10.7. The molecule has 2 bridgehead atoms. The molecule has 1 fully saturated rings. The maximum absolute atomic E-state index is 13.5. The zero-order valence-electron chi connectivity index (χ0n) is 18.8. The van der Waals surface area contributed by atoms with Crippen molar-refractivity contribution in [3.8, 4) is 5.75 Å². The molecule has 7 nitrogen and oxygen atoms in total. The molecular formula is C25H26FN3O4S. The van der Waals surface area contributed by atoms with Crippen LogP contribution in [0.4, 0.5) is 10.1 Å². The number of fused-ring (bicyclic) bond motifs is 4. The van der Waals surface area contributed by atoms with Gasteiger partial charge < -0.3 is 9.30 Å². The van der Waals surface area contributed by atoms with E-state index in [2.05, 4.69) is 21.8 Å². The predicted octanol–water partition coefficient (Wildman–Crippen LogP) is 3.42. The molecule has 2 unspecified atom stereocenters. The molecule has 0 aliphatic carbocycles. The van der Waals surface area contributed by atoms with E-state index in [-0.39, 0.29) is 22.1 Å². The lowest BCUT2D eigenvalue weighted by Gasteiger charge is -2.43. The van der Waals surface area contributed by atoms with E-state index in [1.165, 1.54) is 29.8 Å². The maximum Gasteiger partial charge on any atom is 0.275 e. The molecule has 1 saturated heterocycles. The van der Waals surface area contributed by atoms with Crippen molar-refractivity contribution in [3.05, 3.63) is 88.1 Å². The number of nitrogens with zero attached hydrogens (tertiary/aromatic N) is 2. The van der Waals surface area contributed by atoms with Gasteiger partial charge in [0.25, 0.3) is 15.6 Å². The molecule has 5 rings (SSSR count). The number of sulfonamides is 1. The van der Waals surface area contributed by atoms with Crippen LogP contribution in [-0.2, 0) is 23.1 Å². The molecule has 0 spiro atoms. The van der Waals surface area contributed by atoms with Crippen LogP contribution in [0.3, 0.4) is 0 Å². The van der Waals surface area contributed by atoms with Crippen molar-refractivity contribution in [2.45, 2.75) is 30.3 Å². The third-order valence-electron chi connectivity index (χ3n) is 6.60. The van der Waals surface area contributed by atoms with Crippen LogP contribution in [0.25, 0.3) is 0 Å². The lowest BCUT2D eigenvalue weighted by Crippen LogP contribution is -2.47. The highest BCUT2D eigenvalue weighted by atomic mass is 32.2. The van der Waals surface area contributed by atoms with E-state index in [0.29, 0.717) is 12.5 Å². The first-order chi connectivity index (χ1) is 16.3. The summed E-state index contributed by atoms with van der Waals surface area (Å²) in [7, 11) is -2.42. The molecule has 34 heavy (non-hydrogen) atoms. The predicted molar refractivity (Wildman–Crippen MR) is 127 cm³/mol. The van der Waals surface area contributed by atoms with Crippen molar-refractivity contribution in [1.82, 2.24) is 9.47 Å². The monoisotopic (exact) mass is 483 g/mol. The standard InChI is InChI=1S/C25H26FN3O4S/c1-33-21-7-5-17(6-8-21)13-28-14-18-11-19(16-28)24-10-9-23(25(30)29(24)15-18)27-34(31,32)22-4-2-3-20(26)12-22/h2-10,12,18-19,27H,11,13-16H2,1H3. The summed E-state index contributed by atoms with van der Waals surface area (Å²) in [6.45, 7) is 3.07. The minimum atomic E-state index is -4.07. The Kier molecular flexibility index (Phi) is 5.91. The van der Waals surface area contributed by atoms with Gasteiger partial charge in [0.15, 0.2) is 0 Å². The SMILES string of the molecule is COc1ccc(CN2CC3CC(C2)c2ccc(NS(=O)(=O)c4cccc(F)c4)c(=O)n2C3)cc1. The molecule has 3 heterocycles. The lowest BCUT2D eigenvalue weighted by atomic mass is 9.83. The Morgan fingerprint density at radius 1 is 1.06 bits per heavy atom. The van der Waals surface area contributed by atoms with E-state index in [1.807, 2.05) is 18.2 Å². The number of likely N-dealkylation sites (tertiary alicyclic amines) is 1. The molecule has 2 atom stereocenters. The summed E-state index contributed by atoms with van der Waals surface area (Å²) in [4.78, 5) is 15.4. The molecule has 0 amide bonds. The number of halogens is 1. The number of methoxy groups -OCH3 is 1. The topological polar surface area (TPSA) is 80.6 Å². The fourth-order valence-corrected chi connectivity index (χ4v) is 6.17. The van der Waals surface area contributed by atoms with Crippen LogP contribution in [0, 0.1) is 11.7 Å². The van der Waals surface area contributed by atoms with Gasteiger partial charge >= 0.3 is 0 Å². The minimum Gasteiger partial charge on any atom is -0.497 e. The summed E-state index contributed by atoms with van der Waals surface area (Å²) >= 11 is 0. The molecular weight excluding hydrogens is 457 g/mol. The number of hydrogen-bond donors (Lipinski definition) is 1. The third kappa shape index (κ3) is 4.45. The fraction of sp³-hybridized carbons (Fsp3) is 0.320. The van der Waals surface area contributed by atoms with Gasteiger partial charge in [0.2, 0.25) is 0 Å². The molecule has 2 aliphatic rings. The average Bonchev–Trinajstić information content (AvgIpc) is 2.81. The van der Waals surface area contributed by atoms with Crippen LogP contribution in [0.2, 0.25) is 0 Å². The Labute approximate surface area is 197 Å². The number of rotatable bonds is 6. The normalized spacial score (nSPS) is 19.9. The van der Waals surface area contributed by atoms with Crippen LogP contribution in [0.15, 0.2) is 70.4 Å². The summed E-state index contributed by atoms with van der Waals surface area (Å²) in [5.41, 5.74) is 1.74. The molecule has 2 aromatic carbocycles. The van der Waals surface area contributed by atoms with Crippen LogP contribution in [0.5, 0.6) is 5.75 Å². The van der Waals surface area contributed by atoms with Crippen molar-refractivity contribution < 1.29 is 17.5 Å². The lowest BCUT2D eigenvalue weighted by molar-refractivity contribution is 0.114. The van der Waals surface area contributed by atoms with Gasteiger partial charge in [0.05, 0.1) is 12.0 Å². The number of nitrogens with one attached hydrogen (secondary N) is 1. The van der Waals surface area contributed by atoms with Crippen molar-refractivity contribution in [3.63, 3.8) is 0 Å². The summed E-state index contributed by atoms with van der Waals surface area (Å²) in [5.74, 6) is 0.679. The first-order valence-corrected chi connectivity index (χ1v) is 12.7. The van der Waals surface area contributed by atoms with Crippen molar-refractivity contribution in [1.29, 1.82) is 0 Å². The van der Waals surface area contributed by atoms with Gasteiger partial charge in [-0.15, -0.1) is 0 Å². The van der Waals surface area contributed by atoms with Crippen molar-refractivity contribution in [2.75, 3.05) is 24.9 Å². The highest BCUT2D eigenvalue weighted by Gasteiger charge is 2.35. The van der Waals surface area contributed by atoms with Gasteiger partial charge in [-0.05, 0) is 60.4 Å². The highest BCUT2D eigenvalue weighted by Crippen LogP contribution is 2.36. The summed E-state index contributed by atoms with van der Waals surface area (Å²) in [6.07, 6.45) is 1.01. The fourth-order valence-electron chi connectivity index (χ4n) is 5.08. The van der Waals surface area contributed by atoms with Crippen LogP contribution < -0.4 is 15.0 Å². The van der Waals surface area contributed by atoms with Gasteiger partial charge in [-0.3, -0.25) is 14.4 Å². The van der Waals surface area contributed by atoms with E-state index in [1.54, 1.807) is 11.7 Å². The number of hydrogen-bond acceptors (Lipinski definition) is 5. The largest absolute Gasteiger partial charge is 0.497 e. The van der Waals surface area contributed by atoms with E-state index in [4.69, 9.17) is 4.74 Å². The van der Waals surface area contributed by atoms with Crippen LogP contribution in [0.1, 0.15) is 23.6 Å². The number of anilines is 1. The quantitative estimate of drug-likeness (QED) is 0.581. The minimum absolute atomic E-state index is 0.0249. The Balaban J connectivity index is 1.36. The van der Waals surface area contributed by atoms with E-state index < -0.39 is 15.8 Å². The molecule has 3 aromatic rings. The van der Waals surface area contributed by atoms with Crippen molar-refractivity contribution >= 4 is 15.7 Å². The Hall–Kier alpha value is -3.17. The number of piperidine rings is 1. The molecule has 1 N–H and O–H groups in total. The van der Waals surface area contributed by atoms with Gasteiger partial charge in [0, 0.05) is 37.8 Å². The first-order valence-electron chi connectivity index (χ1n) is 11.2. The first kappa shape index (κ1) is 22.6. The third-order valence-corrected chi connectivity index (χ3v) is 7.96. The summed E-state index contributed by atoms with van der Waals surface area (Å²) < 4.78 is 48.2. The average molecular weight is 484 g/mol. The molecule has 1 aromatic heterocycles. The second-order valence-electron chi connectivity index (χ2n) is 8.99. The zero-order chi connectivity index (χ0) is 23.9. The zero-order valence-corrected chi connectivity index (χ0v) is 19.6. The molecule has 0 saturated carbocycles. The molecule has 0 radical (unpaired) electrons. The van der Waals surface area contributed by atoms with E-state index >= 15 is 0 Å². The highest BCUT2D eigenvalue weighted by molar-refractivity contribution is 7.92. The van der Waals surface area contributed by atoms with Gasteiger partial charge in [-0.1, -0.05) is 18.2 Å². The summed E-state index contributed by atoms with van der Waals surface area (Å²) in [5, 5.41) is 0. The Morgan fingerprint density at radius 3 is 2.59 bits per heavy atom. The van der Waals surface area contributed by atoms with Crippen LogP contribution >= 0.6 is 0 Å². The Bertz CT molecular complexity index is 1370. The van der Waals surface area contributed by atoms with E-state index in [0.717, 1.165) is 43.6 Å². The number of benzene rings is 2. The molecule has 178 valence electrons. The number of aromatic nitrogens is 1. The van der Waals surface area contributed by atoms with Gasteiger partial charge in [-0.25, -0.2) is 12.8 Å². The molecule has 9 heteroatoms. The Morgan fingerprint density at radius 2 is 1.85 bits per heavy atom. The van der Waals surface area contributed by atoms with Crippen LogP contribution in [-0.4, -0.2) is 38.1 Å². The van der Waals surface area contributed by atoms with Gasteiger partial charge in [0.1, 0.15) is 17.3 Å². The van der Waals surface area contributed by atoms with E-state index in [9.17, 15) is 17.6 Å². The summed E-state index contributed by atoms with van der Waals surface area (Å²) in [6, 6.07) is 16.1. The second kappa shape index (κ2) is 8.88. The molecule has 2 aliphatic heterocycles. The number of pyridine rings is 1. The van der Waals surface area contributed by atoms with Crippen molar-refractivity contribution in [2.24, 2.45) is 5.92 Å². The number of ether oxygens (including phenoxy) is 1. The maximum atomic E-state index is 13.5. The van der Waals surface area contributed by atoms with Gasteiger partial charge in [-0.2, -0.15) is 0 Å². The smallest absolute Gasteiger partial charge is 0.275 e.